The number of nitrogens with zero attached hydrogens (tertiary/aromatic N) is 1. The van der Waals surface area contributed by atoms with E-state index in [2.05, 4.69) is 16.9 Å². The number of rotatable bonds is 8. The molecule has 1 aromatic rings. The number of carbonyl (C=O) groups excluding carboxylic acids is 2. The Hall–Kier alpha value is -1.93. The van der Waals surface area contributed by atoms with Crippen LogP contribution in [0.25, 0.3) is 0 Å². The molecule has 1 spiro atoms. The molecule has 0 unspecified atom stereocenters. The number of carbonyl (C=O) groups is 2. The number of esters is 2. The van der Waals surface area contributed by atoms with Gasteiger partial charge in [0.25, 0.3) is 0 Å². The zero-order valence-corrected chi connectivity index (χ0v) is 16.8. The first kappa shape index (κ1) is 19.8. The number of cyclic esters (lactones) is 2. The summed E-state index contributed by atoms with van der Waals surface area (Å²) in [4.78, 5) is 29.8. The Balaban J connectivity index is 1.71. The van der Waals surface area contributed by atoms with Crippen molar-refractivity contribution in [1.82, 2.24) is 4.98 Å². The second kappa shape index (κ2) is 7.59. The lowest BCUT2D eigenvalue weighted by Crippen LogP contribution is -2.32. The zero-order chi connectivity index (χ0) is 19.7. The summed E-state index contributed by atoms with van der Waals surface area (Å²) in [6, 6.07) is 0. The van der Waals surface area contributed by atoms with Crippen LogP contribution in [0.5, 0.6) is 0 Å². The number of hydrogen-bond donors (Lipinski definition) is 1. The zero-order valence-electron chi connectivity index (χ0n) is 15.9. The van der Waals surface area contributed by atoms with Crippen molar-refractivity contribution in [3.8, 4) is 0 Å². The molecule has 2 fully saturated rings. The maximum atomic E-state index is 12.7. The van der Waals surface area contributed by atoms with Crippen molar-refractivity contribution < 1.29 is 23.8 Å². The van der Waals surface area contributed by atoms with E-state index in [1.54, 1.807) is 13.0 Å². The normalized spacial score (nSPS) is 30.0. The van der Waals surface area contributed by atoms with Gasteiger partial charge < -0.3 is 19.5 Å². The number of nitrogens with one attached hydrogen (secondary N) is 1. The number of ether oxygens (including phenoxy) is 3. The quantitative estimate of drug-likeness (QED) is 0.412. The molecule has 0 amide bonds. The van der Waals surface area contributed by atoms with Gasteiger partial charge in [-0.1, -0.05) is 19.9 Å². The van der Waals surface area contributed by atoms with Gasteiger partial charge in [0.2, 0.25) is 0 Å². The van der Waals surface area contributed by atoms with E-state index in [0.29, 0.717) is 31.4 Å². The largest absolute Gasteiger partial charge is 0.459 e. The Kier molecular flexibility index (Phi) is 5.58. The molecule has 7 nitrogen and oxygen atoms in total. The number of aromatic nitrogens is 1. The molecule has 2 aliphatic heterocycles. The number of anilines is 1. The first-order valence-corrected chi connectivity index (χ1v) is 10.00. The standard InChI is InChI=1S/C19H26N2O5S/c1-5-6-20-17-21-14(10-27-17)18(4)11-19(16(23)26-18)7-13(25-15(19)22)9-24-8-12(2)3/h5,10,12-13H,1,6-9,11H2,2-4H3,(H,20,21)/t13-,18-,19+/m1/s1. The lowest BCUT2D eigenvalue weighted by atomic mass is 9.78. The third-order valence-electron chi connectivity index (χ3n) is 4.79. The highest BCUT2D eigenvalue weighted by Crippen LogP contribution is 2.52. The topological polar surface area (TPSA) is 86.8 Å². The lowest BCUT2D eigenvalue weighted by molar-refractivity contribution is -0.160. The van der Waals surface area contributed by atoms with E-state index < -0.39 is 29.1 Å². The molecule has 1 aromatic heterocycles. The first-order valence-electron chi connectivity index (χ1n) is 9.12. The van der Waals surface area contributed by atoms with Crippen molar-refractivity contribution in [1.29, 1.82) is 0 Å². The van der Waals surface area contributed by atoms with Gasteiger partial charge in [-0.15, -0.1) is 17.9 Å². The van der Waals surface area contributed by atoms with E-state index in [0.717, 1.165) is 5.13 Å². The van der Waals surface area contributed by atoms with Crippen LogP contribution in [0.1, 0.15) is 39.3 Å². The Labute approximate surface area is 163 Å². The molecule has 2 aliphatic rings. The number of thiazole rings is 1. The van der Waals surface area contributed by atoms with Gasteiger partial charge in [0, 0.05) is 31.4 Å². The molecule has 27 heavy (non-hydrogen) atoms. The van der Waals surface area contributed by atoms with Gasteiger partial charge in [-0.3, -0.25) is 9.59 Å². The summed E-state index contributed by atoms with van der Waals surface area (Å²) in [5, 5.41) is 5.68. The predicted molar refractivity (Wildman–Crippen MR) is 101 cm³/mol. The first-order chi connectivity index (χ1) is 12.8. The van der Waals surface area contributed by atoms with Crippen LogP contribution in [0.3, 0.4) is 0 Å². The summed E-state index contributed by atoms with van der Waals surface area (Å²) < 4.78 is 16.7. The molecule has 3 atom stereocenters. The third kappa shape index (κ3) is 3.87. The van der Waals surface area contributed by atoms with Crippen molar-refractivity contribution in [2.24, 2.45) is 11.3 Å². The highest BCUT2D eigenvalue weighted by molar-refractivity contribution is 7.13. The summed E-state index contributed by atoms with van der Waals surface area (Å²) in [6.07, 6.45) is 1.82. The Morgan fingerprint density at radius 1 is 1.48 bits per heavy atom. The molecule has 1 N–H and O–H groups in total. The second-order valence-corrected chi connectivity index (χ2v) is 8.61. The SMILES string of the molecule is C=CCNc1nc([C@@]2(C)C[C@]3(C[C@H](COCC(C)C)OC3=O)C(=O)O2)cs1. The summed E-state index contributed by atoms with van der Waals surface area (Å²) in [5.74, 6) is -0.658. The van der Waals surface area contributed by atoms with Crippen molar-refractivity contribution in [3.63, 3.8) is 0 Å². The van der Waals surface area contributed by atoms with Crippen LogP contribution in [0.4, 0.5) is 5.13 Å². The molecular formula is C19H26N2O5S. The van der Waals surface area contributed by atoms with E-state index in [4.69, 9.17) is 14.2 Å². The van der Waals surface area contributed by atoms with E-state index >= 15 is 0 Å². The third-order valence-corrected chi connectivity index (χ3v) is 5.59. The average Bonchev–Trinajstić information content (AvgIpc) is 3.25. The fraction of sp³-hybridized carbons (Fsp3) is 0.632. The van der Waals surface area contributed by atoms with Crippen LogP contribution in [0.15, 0.2) is 18.0 Å². The molecule has 0 radical (unpaired) electrons. The second-order valence-electron chi connectivity index (χ2n) is 7.75. The van der Waals surface area contributed by atoms with Gasteiger partial charge in [0.15, 0.2) is 16.1 Å². The lowest BCUT2D eigenvalue weighted by Gasteiger charge is -2.20. The van der Waals surface area contributed by atoms with Crippen LogP contribution in [0, 0.1) is 11.3 Å². The van der Waals surface area contributed by atoms with Gasteiger partial charge in [-0.2, -0.15) is 0 Å². The Bertz CT molecular complexity index is 733. The fourth-order valence-electron chi connectivity index (χ4n) is 3.50. The molecular weight excluding hydrogens is 368 g/mol. The van der Waals surface area contributed by atoms with E-state index in [1.165, 1.54) is 11.3 Å². The summed E-state index contributed by atoms with van der Waals surface area (Å²) in [5.41, 5.74) is -1.58. The maximum absolute atomic E-state index is 12.7. The summed E-state index contributed by atoms with van der Waals surface area (Å²) >= 11 is 1.42. The molecule has 3 heterocycles. The monoisotopic (exact) mass is 394 g/mol. The smallest absolute Gasteiger partial charge is 0.324 e. The van der Waals surface area contributed by atoms with Gasteiger partial charge in [0.05, 0.1) is 12.3 Å². The molecule has 0 bridgehead atoms. The summed E-state index contributed by atoms with van der Waals surface area (Å²) in [6.45, 7) is 11.0. The van der Waals surface area contributed by atoms with Crippen molar-refractivity contribution >= 4 is 28.4 Å². The van der Waals surface area contributed by atoms with Crippen molar-refractivity contribution in [2.75, 3.05) is 25.1 Å². The molecule has 2 saturated heterocycles. The van der Waals surface area contributed by atoms with Crippen LogP contribution in [-0.2, 0) is 29.4 Å². The van der Waals surface area contributed by atoms with Crippen molar-refractivity contribution in [2.45, 2.75) is 45.3 Å². The van der Waals surface area contributed by atoms with Gasteiger partial charge in [-0.05, 0) is 12.8 Å². The van der Waals surface area contributed by atoms with Crippen LogP contribution < -0.4 is 5.32 Å². The minimum atomic E-state index is -1.26. The highest BCUT2D eigenvalue weighted by atomic mass is 32.1. The van der Waals surface area contributed by atoms with E-state index in [-0.39, 0.29) is 12.8 Å². The Morgan fingerprint density at radius 3 is 2.96 bits per heavy atom. The minimum absolute atomic E-state index is 0.225. The molecule has 3 rings (SSSR count). The molecule has 0 aromatic carbocycles. The molecule has 8 heteroatoms. The van der Waals surface area contributed by atoms with E-state index in [9.17, 15) is 9.59 Å². The van der Waals surface area contributed by atoms with Crippen molar-refractivity contribution in [3.05, 3.63) is 23.7 Å². The van der Waals surface area contributed by atoms with Crippen LogP contribution in [0.2, 0.25) is 0 Å². The maximum Gasteiger partial charge on any atom is 0.324 e. The number of hydrogen-bond acceptors (Lipinski definition) is 8. The van der Waals surface area contributed by atoms with E-state index in [1.807, 2.05) is 19.2 Å². The van der Waals surface area contributed by atoms with Gasteiger partial charge in [0.1, 0.15) is 6.10 Å². The van der Waals surface area contributed by atoms with Crippen LogP contribution >= 0.6 is 11.3 Å². The minimum Gasteiger partial charge on any atom is -0.459 e. The van der Waals surface area contributed by atoms with Gasteiger partial charge in [-0.25, -0.2) is 4.98 Å². The summed E-state index contributed by atoms with van der Waals surface area (Å²) in [7, 11) is 0. The predicted octanol–water partition coefficient (Wildman–Crippen LogP) is 2.88. The molecule has 0 aliphatic carbocycles. The highest BCUT2D eigenvalue weighted by Gasteiger charge is 2.65. The Morgan fingerprint density at radius 2 is 2.26 bits per heavy atom. The molecule has 148 valence electrons. The van der Waals surface area contributed by atoms with Gasteiger partial charge >= 0.3 is 11.9 Å². The molecule has 0 saturated carbocycles. The average molecular weight is 394 g/mol. The fourth-order valence-corrected chi connectivity index (χ4v) is 4.35. The van der Waals surface area contributed by atoms with Crippen LogP contribution in [-0.4, -0.2) is 42.8 Å².